The summed E-state index contributed by atoms with van der Waals surface area (Å²) in [7, 11) is 0. The first-order valence-corrected chi connectivity index (χ1v) is 6.60. The molecule has 0 spiro atoms. The van der Waals surface area contributed by atoms with Crippen molar-refractivity contribution in [2.45, 2.75) is 51.4 Å². The van der Waals surface area contributed by atoms with E-state index in [0.717, 1.165) is 0 Å². The molecule has 16 heavy (non-hydrogen) atoms. The zero-order valence-corrected chi connectivity index (χ0v) is 10.3. The molecule has 1 aliphatic carbocycles. The summed E-state index contributed by atoms with van der Waals surface area (Å²) in [6.07, 6.45) is 28.0. The average Bonchev–Trinajstić information content (AvgIpc) is 2.29. The molecule has 0 saturated heterocycles. The van der Waals surface area contributed by atoms with Gasteiger partial charge in [0, 0.05) is 0 Å². The SMILES string of the molecule is C1=C/CC/C=C/CC/C=C/CC/C=C/CC/1. The van der Waals surface area contributed by atoms with Crippen LogP contribution >= 0.6 is 0 Å². The van der Waals surface area contributed by atoms with E-state index in [2.05, 4.69) is 48.6 Å². The van der Waals surface area contributed by atoms with Crippen molar-refractivity contribution in [2.24, 2.45) is 0 Å². The van der Waals surface area contributed by atoms with Crippen molar-refractivity contribution in [3.8, 4) is 0 Å². The summed E-state index contributed by atoms with van der Waals surface area (Å²) in [5.74, 6) is 0. The summed E-state index contributed by atoms with van der Waals surface area (Å²) in [5, 5.41) is 0. The molecule has 1 rings (SSSR count). The van der Waals surface area contributed by atoms with Crippen LogP contribution in [0.1, 0.15) is 51.4 Å². The van der Waals surface area contributed by atoms with E-state index in [0.29, 0.717) is 0 Å². The Labute approximate surface area is 100 Å². The third-order valence-electron chi connectivity index (χ3n) is 2.67. The van der Waals surface area contributed by atoms with Gasteiger partial charge >= 0.3 is 0 Å². The summed E-state index contributed by atoms with van der Waals surface area (Å²) >= 11 is 0. The second kappa shape index (κ2) is 10.5. The van der Waals surface area contributed by atoms with E-state index in [1.807, 2.05) is 0 Å². The molecule has 0 unspecified atom stereocenters. The monoisotopic (exact) mass is 216 g/mol. The summed E-state index contributed by atoms with van der Waals surface area (Å²) in [5.41, 5.74) is 0. The number of hydrogen-bond donors (Lipinski definition) is 0. The van der Waals surface area contributed by atoms with Crippen LogP contribution in [0.2, 0.25) is 0 Å². The summed E-state index contributed by atoms with van der Waals surface area (Å²) < 4.78 is 0. The molecule has 0 amide bonds. The van der Waals surface area contributed by atoms with E-state index in [4.69, 9.17) is 0 Å². The predicted octanol–water partition coefficient (Wildman–Crippen LogP) is 5.35. The van der Waals surface area contributed by atoms with Crippen molar-refractivity contribution in [3.05, 3.63) is 48.6 Å². The van der Waals surface area contributed by atoms with Crippen LogP contribution in [0.25, 0.3) is 0 Å². The van der Waals surface area contributed by atoms with Crippen LogP contribution in [-0.2, 0) is 0 Å². The second-order valence-corrected chi connectivity index (χ2v) is 4.20. The van der Waals surface area contributed by atoms with Crippen molar-refractivity contribution in [1.29, 1.82) is 0 Å². The van der Waals surface area contributed by atoms with E-state index < -0.39 is 0 Å². The molecule has 0 aromatic carbocycles. The Kier molecular flexibility index (Phi) is 8.53. The lowest BCUT2D eigenvalue weighted by Crippen LogP contribution is -1.71. The molecular formula is C16H24. The van der Waals surface area contributed by atoms with Gasteiger partial charge in [0.2, 0.25) is 0 Å². The van der Waals surface area contributed by atoms with Crippen LogP contribution < -0.4 is 0 Å². The van der Waals surface area contributed by atoms with Crippen molar-refractivity contribution in [3.63, 3.8) is 0 Å². The molecule has 88 valence electrons. The third kappa shape index (κ3) is 8.28. The van der Waals surface area contributed by atoms with Crippen LogP contribution in [0.5, 0.6) is 0 Å². The highest BCUT2D eigenvalue weighted by atomic mass is 13.9. The number of allylic oxidation sites excluding steroid dienone is 8. The van der Waals surface area contributed by atoms with E-state index in [1.165, 1.54) is 51.4 Å². The molecule has 0 aromatic rings. The molecule has 0 aliphatic heterocycles. The van der Waals surface area contributed by atoms with Gasteiger partial charge in [0.05, 0.1) is 0 Å². The molecule has 1 aliphatic rings. The van der Waals surface area contributed by atoms with Gasteiger partial charge in [-0.3, -0.25) is 0 Å². The van der Waals surface area contributed by atoms with Crippen LogP contribution in [-0.4, -0.2) is 0 Å². The van der Waals surface area contributed by atoms with E-state index in [9.17, 15) is 0 Å². The second-order valence-electron chi connectivity index (χ2n) is 4.20. The maximum absolute atomic E-state index is 2.31. The molecule has 0 heterocycles. The fourth-order valence-electron chi connectivity index (χ4n) is 1.71. The minimum atomic E-state index is 1.19. The van der Waals surface area contributed by atoms with Crippen LogP contribution in [0, 0.1) is 0 Å². The zero-order chi connectivity index (χ0) is 11.3. The molecule has 0 nitrogen and oxygen atoms in total. The number of rotatable bonds is 0. The van der Waals surface area contributed by atoms with E-state index >= 15 is 0 Å². The Balaban J connectivity index is 2.29. The Morgan fingerprint density at radius 2 is 0.375 bits per heavy atom. The molecule has 0 heteroatoms. The zero-order valence-electron chi connectivity index (χ0n) is 10.3. The highest BCUT2D eigenvalue weighted by Crippen LogP contribution is 2.03. The Bertz CT molecular complexity index is 173. The molecule has 0 radical (unpaired) electrons. The van der Waals surface area contributed by atoms with Gasteiger partial charge < -0.3 is 0 Å². The lowest BCUT2D eigenvalue weighted by atomic mass is 10.1. The van der Waals surface area contributed by atoms with Gasteiger partial charge in [-0.25, -0.2) is 0 Å². The highest BCUT2D eigenvalue weighted by Gasteiger charge is 1.82. The van der Waals surface area contributed by atoms with Crippen molar-refractivity contribution < 1.29 is 0 Å². The van der Waals surface area contributed by atoms with Gasteiger partial charge in [-0.1, -0.05) is 48.6 Å². The lowest BCUT2D eigenvalue weighted by molar-refractivity contribution is 0.962. The minimum Gasteiger partial charge on any atom is -0.0882 e. The quantitative estimate of drug-likeness (QED) is 0.479. The Hall–Kier alpha value is -1.04. The standard InChI is InChI=1S/C16H24/c1-2-4-6-8-10-12-14-16-15-13-11-9-7-5-3-1/h1-2,7-10,15-16H,3-6,11-14H2/b2-1+,9-7+,10-8+,16-15+. The molecular weight excluding hydrogens is 192 g/mol. The maximum atomic E-state index is 2.31. The summed E-state index contributed by atoms with van der Waals surface area (Å²) in [6, 6.07) is 0. The van der Waals surface area contributed by atoms with Gasteiger partial charge in [-0.05, 0) is 51.4 Å². The fraction of sp³-hybridized carbons (Fsp3) is 0.500. The third-order valence-corrected chi connectivity index (χ3v) is 2.67. The van der Waals surface area contributed by atoms with Crippen LogP contribution in [0.15, 0.2) is 48.6 Å². The molecule has 0 atom stereocenters. The molecule has 0 aromatic heterocycles. The van der Waals surface area contributed by atoms with Crippen molar-refractivity contribution >= 4 is 0 Å². The summed E-state index contributed by atoms with van der Waals surface area (Å²) in [6.45, 7) is 0. The van der Waals surface area contributed by atoms with Gasteiger partial charge in [0.25, 0.3) is 0 Å². The largest absolute Gasteiger partial charge is 0.0882 e. The van der Waals surface area contributed by atoms with Gasteiger partial charge in [-0.2, -0.15) is 0 Å². The first kappa shape index (κ1) is 13.0. The molecule has 0 fully saturated rings. The van der Waals surface area contributed by atoms with Crippen molar-refractivity contribution in [2.75, 3.05) is 0 Å². The Morgan fingerprint density at radius 3 is 0.500 bits per heavy atom. The molecule has 0 bridgehead atoms. The first-order chi connectivity index (χ1) is 8.00. The van der Waals surface area contributed by atoms with Gasteiger partial charge in [-0.15, -0.1) is 0 Å². The lowest BCUT2D eigenvalue weighted by Gasteiger charge is -1.92. The highest BCUT2D eigenvalue weighted by molar-refractivity contribution is 4.94. The van der Waals surface area contributed by atoms with Crippen molar-refractivity contribution in [1.82, 2.24) is 0 Å². The predicted molar refractivity (Wildman–Crippen MR) is 73.5 cm³/mol. The molecule has 0 saturated carbocycles. The number of hydrogen-bond acceptors (Lipinski definition) is 0. The topological polar surface area (TPSA) is 0 Å². The normalized spacial score (nSPS) is 28.0. The summed E-state index contributed by atoms with van der Waals surface area (Å²) in [4.78, 5) is 0. The minimum absolute atomic E-state index is 1.19. The van der Waals surface area contributed by atoms with Crippen LogP contribution in [0.4, 0.5) is 0 Å². The first-order valence-electron chi connectivity index (χ1n) is 6.60. The van der Waals surface area contributed by atoms with Gasteiger partial charge in [0.1, 0.15) is 0 Å². The maximum Gasteiger partial charge on any atom is -0.0316 e. The van der Waals surface area contributed by atoms with E-state index in [-0.39, 0.29) is 0 Å². The fourth-order valence-corrected chi connectivity index (χ4v) is 1.71. The van der Waals surface area contributed by atoms with Gasteiger partial charge in [0.15, 0.2) is 0 Å². The average molecular weight is 216 g/mol. The smallest absolute Gasteiger partial charge is 0.0316 e. The van der Waals surface area contributed by atoms with E-state index in [1.54, 1.807) is 0 Å². The molecule has 0 N–H and O–H groups in total. The Morgan fingerprint density at radius 1 is 0.250 bits per heavy atom. The van der Waals surface area contributed by atoms with Crippen LogP contribution in [0.3, 0.4) is 0 Å².